The molecule has 100 valence electrons. The lowest BCUT2D eigenvalue weighted by atomic mass is 9.79. The number of allylic oxidation sites excluding steroid dienone is 3. The van der Waals surface area contributed by atoms with E-state index in [4.69, 9.17) is 5.11 Å². The van der Waals surface area contributed by atoms with Gasteiger partial charge >= 0.3 is 5.97 Å². The maximum atomic E-state index is 11.7. The average Bonchev–Trinajstić information content (AvgIpc) is 2.27. The molecule has 18 heavy (non-hydrogen) atoms. The van der Waals surface area contributed by atoms with Crippen LogP contribution in [0.5, 0.6) is 0 Å². The first-order chi connectivity index (χ1) is 8.40. The Bertz CT molecular complexity index is 387. The molecule has 1 rings (SSSR count). The van der Waals surface area contributed by atoms with Crippen LogP contribution in [0.25, 0.3) is 0 Å². The minimum atomic E-state index is -0.804. The SMILES string of the molecule is CC(C)=CC(=O)CC(C)C1CC=C(C(=O)O)CC1. The fourth-order valence-corrected chi connectivity index (χ4v) is 2.43. The van der Waals surface area contributed by atoms with Crippen LogP contribution in [-0.4, -0.2) is 16.9 Å². The molecule has 1 aliphatic rings. The zero-order valence-corrected chi connectivity index (χ0v) is 11.4. The van der Waals surface area contributed by atoms with Crippen LogP contribution in [0.4, 0.5) is 0 Å². The van der Waals surface area contributed by atoms with Crippen LogP contribution >= 0.6 is 0 Å². The number of aliphatic carboxylic acids is 1. The van der Waals surface area contributed by atoms with Gasteiger partial charge in [0.1, 0.15) is 0 Å². The monoisotopic (exact) mass is 250 g/mol. The minimum Gasteiger partial charge on any atom is -0.478 e. The first kappa shape index (κ1) is 14.7. The van der Waals surface area contributed by atoms with Crippen molar-refractivity contribution in [3.8, 4) is 0 Å². The Kier molecular flexibility index (Phi) is 5.32. The summed E-state index contributed by atoms with van der Waals surface area (Å²) in [7, 11) is 0. The van der Waals surface area contributed by atoms with E-state index >= 15 is 0 Å². The van der Waals surface area contributed by atoms with Gasteiger partial charge in [0.05, 0.1) is 0 Å². The highest BCUT2D eigenvalue weighted by atomic mass is 16.4. The number of carbonyl (C=O) groups is 2. The third-order valence-corrected chi connectivity index (χ3v) is 3.50. The largest absolute Gasteiger partial charge is 0.478 e. The second kappa shape index (κ2) is 6.53. The Morgan fingerprint density at radius 3 is 2.61 bits per heavy atom. The van der Waals surface area contributed by atoms with E-state index in [0.29, 0.717) is 30.3 Å². The van der Waals surface area contributed by atoms with E-state index in [1.807, 2.05) is 19.9 Å². The van der Waals surface area contributed by atoms with Crippen molar-refractivity contribution >= 4 is 11.8 Å². The second-order valence-corrected chi connectivity index (χ2v) is 5.44. The smallest absolute Gasteiger partial charge is 0.331 e. The molecule has 3 heteroatoms. The first-order valence-electron chi connectivity index (χ1n) is 6.50. The van der Waals surface area contributed by atoms with Crippen molar-refractivity contribution in [2.75, 3.05) is 0 Å². The molecule has 0 bridgehead atoms. The lowest BCUT2D eigenvalue weighted by Gasteiger charge is -2.25. The molecule has 0 spiro atoms. The van der Waals surface area contributed by atoms with E-state index in [9.17, 15) is 9.59 Å². The summed E-state index contributed by atoms with van der Waals surface area (Å²) in [5, 5.41) is 8.88. The number of carboxylic acids is 1. The van der Waals surface area contributed by atoms with Gasteiger partial charge in [-0.2, -0.15) is 0 Å². The van der Waals surface area contributed by atoms with Gasteiger partial charge in [-0.25, -0.2) is 4.79 Å². The van der Waals surface area contributed by atoms with E-state index < -0.39 is 5.97 Å². The van der Waals surface area contributed by atoms with Crippen molar-refractivity contribution in [3.63, 3.8) is 0 Å². The minimum absolute atomic E-state index is 0.176. The van der Waals surface area contributed by atoms with Crippen molar-refractivity contribution in [1.29, 1.82) is 0 Å². The van der Waals surface area contributed by atoms with Crippen LogP contribution in [0.15, 0.2) is 23.3 Å². The van der Waals surface area contributed by atoms with Crippen LogP contribution < -0.4 is 0 Å². The lowest BCUT2D eigenvalue weighted by molar-refractivity contribution is -0.133. The van der Waals surface area contributed by atoms with Crippen molar-refractivity contribution in [2.45, 2.75) is 46.5 Å². The highest BCUT2D eigenvalue weighted by Gasteiger charge is 2.23. The molecule has 3 nitrogen and oxygen atoms in total. The Labute approximate surface area is 109 Å². The molecule has 0 aromatic rings. The standard InChI is InChI=1S/C15H22O3/c1-10(2)8-14(16)9-11(3)12-4-6-13(7-5-12)15(17)18/h6,8,11-12H,4-5,7,9H2,1-3H3,(H,17,18). The Morgan fingerprint density at radius 2 is 2.17 bits per heavy atom. The normalized spacial score (nSPS) is 20.8. The molecule has 0 fully saturated rings. The molecule has 2 unspecified atom stereocenters. The summed E-state index contributed by atoms with van der Waals surface area (Å²) in [5.74, 6) is 0.125. The van der Waals surface area contributed by atoms with Crippen LogP contribution in [0.2, 0.25) is 0 Å². The third kappa shape index (κ3) is 4.47. The fraction of sp³-hybridized carbons (Fsp3) is 0.600. The van der Waals surface area contributed by atoms with Gasteiger partial charge in [-0.1, -0.05) is 18.6 Å². The molecular formula is C15H22O3. The fourth-order valence-electron chi connectivity index (χ4n) is 2.43. The van der Waals surface area contributed by atoms with E-state index in [0.717, 1.165) is 18.4 Å². The number of hydrogen-bond donors (Lipinski definition) is 1. The van der Waals surface area contributed by atoms with Crippen LogP contribution in [0.3, 0.4) is 0 Å². The predicted octanol–water partition coefficient (Wildman–Crippen LogP) is 3.36. The van der Waals surface area contributed by atoms with Gasteiger partial charge in [0.25, 0.3) is 0 Å². The predicted molar refractivity (Wildman–Crippen MR) is 71.3 cm³/mol. The molecule has 0 aromatic heterocycles. The van der Waals surface area contributed by atoms with Crippen molar-refractivity contribution in [3.05, 3.63) is 23.3 Å². The van der Waals surface area contributed by atoms with Crippen LogP contribution in [-0.2, 0) is 9.59 Å². The van der Waals surface area contributed by atoms with Crippen molar-refractivity contribution in [1.82, 2.24) is 0 Å². The van der Waals surface area contributed by atoms with E-state index in [-0.39, 0.29) is 5.78 Å². The molecule has 1 N–H and O–H groups in total. The molecule has 0 aliphatic heterocycles. The Balaban J connectivity index is 2.50. The molecule has 0 heterocycles. The first-order valence-corrected chi connectivity index (χ1v) is 6.50. The van der Waals surface area contributed by atoms with Gasteiger partial charge in [0, 0.05) is 12.0 Å². The summed E-state index contributed by atoms with van der Waals surface area (Å²) < 4.78 is 0. The Morgan fingerprint density at radius 1 is 1.50 bits per heavy atom. The molecule has 0 aromatic carbocycles. The molecule has 0 saturated carbocycles. The summed E-state index contributed by atoms with van der Waals surface area (Å²) in [4.78, 5) is 22.5. The van der Waals surface area contributed by atoms with E-state index in [1.165, 1.54) is 0 Å². The summed E-state index contributed by atoms with van der Waals surface area (Å²) in [6.45, 7) is 5.93. The quantitative estimate of drug-likeness (QED) is 0.761. The Hall–Kier alpha value is -1.38. The lowest BCUT2D eigenvalue weighted by Crippen LogP contribution is -2.19. The van der Waals surface area contributed by atoms with Crippen LogP contribution in [0.1, 0.15) is 46.5 Å². The van der Waals surface area contributed by atoms with Gasteiger partial charge in [-0.3, -0.25) is 4.79 Å². The molecule has 0 radical (unpaired) electrons. The third-order valence-electron chi connectivity index (χ3n) is 3.50. The molecule has 1 aliphatic carbocycles. The summed E-state index contributed by atoms with van der Waals surface area (Å²) in [6.07, 6.45) is 6.36. The van der Waals surface area contributed by atoms with Crippen molar-refractivity contribution < 1.29 is 14.7 Å². The van der Waals surface area contributed by atoms with E-state index in [1.54, 1.807) is 6.08 Å². The summed E-state index contributed by atoms with van der Waals surface area (Å²) in [6, 6.07) is 0. The van der Waals surface area contributed by atoms with Gasteiger partial charge < -0.3 is 5.11 Å². The average molecular weight is 250 g/mol. The number of carbonyl (C=O) groups excluding carboxylic acids is 1. The summed E-state index contributed by atoms with van der Waals surface area (Å²) in [5.41, 5.74) is 1.55. The van der Waals surface area contributed by atoms with Gasteiger partial charge in [-0.15, -0.1) is 0 Å². The number of hydrogen-bond acceptors (Lipinski definition) is 2. The maximum absolute atomic E-state index is 11.7. The van der Waals surface area contributed by atoms with Gasteiger partial charge in [0.15, 0.2) is 5.78 Å². The molecule has 2 atom stereocenters. The zero-order valence-electron chi connectivity index (χ0n) is 11.4. The highest BCUT2D eigenvalue weighted by molar-refractivity contribution is 5.90. The zero-order chi connectivity index (χ0) is 13.7. The topological polar surface area (TPSA) is 54.4 Å². The number of ketones is 1. The molecular weight excluding hydrogens is 228 g/mol. The number of carboxylic acid groups (broad SMARTS) is 1. The number of rotatable bonds is 5. The van der Waals surface area contributed by atoms with Crippen molar-refractivity contribution in [2.24, 2.45) is 11.8 Å². The van der Waals surface area contributed by atoms with Gasteiger partial charge in [0.2, 0.25) is 0 Å². The van der Waals surface area contributed by atoms with E-state index in [2.05, 4.69) is 6.92 Å². The highest BCUT2D eigenvalue weighted by Crippen LogP contribution is 2.31. The molecule has 0 amide bonds. The second-order valence-electron chi connectivity index (χ2n) is 5.44. The summed E-state index contributed by atoms with van der Waals surface area (Å²) >= 11 is 0. The molecule has 0 saturated heterocycles. The van der Waals surface area contributed by atoms with Crippen LogP contribution in [0, 0.1) is 11.8 Å². The van der Waals surface area contributed by atoms with Gasteiger partial charge in [-0.05, 0) is 51.0 Å². The maximum Gasteiger partial charge on any atom is 0.331 e.